The molecule has 0 aromatic rings. The Morgan fingerprint density at radius 1 is 1.40 bits per heavy atom. The van der Waals surface area contributed by atoms with E-state index in [0.717, 1.165) is 6.54 Å². The van der Waals surface area contributed by atoms with Crippen molar-refractivity contribution < 1.29 is 4.79 Å². The number of halogens is 1. The molecule has 0 aromatic heterocycles. The lowest BCUT2D eigenvalue weighted by Gasteiger charge is -2.35. The molecular formula is C12H22BrNO. The van der Waals surface area contributed by atoms with Gasteiger partial charge < -0.3 is 4.90 Å². The number of carbonyl (C=O) groups is 1. The molecule has 0 aromatic carbocycles. The highest BCUT2D eigenvalue weighted by Gasteiger charge is 2.30. The van der Waals surface area contributed by atoms with Gasteiger partial charge in [-0.3, -0.25) is 4.79 Å². The van der Waals surface area contributed by atoms with Crippen LogP contribution in [0.25, 0.3) is 0 Å². The van der Waals surface area contributed by atoms with Gasteiger partial charge in [0.1, 0.15) is 0 Å². The highest BCUT2D eigenvalue weighted by Crippen LogP contribution is 2.33. The van der Waals surface area contributed by atoms with Crippen molar-refractivity contribution in [2.24, 2.45) is 17.8 Å². The van der Waals surface area contributed by atoms with E-state index in [1.54, 1.807) is 0 Å². The van der Waals surface area contributed by atoms with Gasteiger partial charge in [0.05, 0.1) is 0 Å². The second-order valence-electron chi connectivity index (χ2n) is 5.19. The zero-order chi connectivity index (χ0) is 11.6. The number of rotatable bonds is 4. The van der Waals surface area contributed by atoms with Gasteiger partial charge in [-0.15, -0.1) is 0 Å². The Balaban J connectivity index is 2.33. The minimum absolute atomic E-state index is 0.148. The Bertz CT molecular complexity index is 224. The van der Waals surface area contributed by atoms with Crippen LogP contribution in [0.1, 0.15) is 33.6 Å². The molecule has 1 rings (SSSR count). The summed E-state index contributed by atoms with van der Waals surface area (Å²) in [6.45, 7) is 7.16. The van der Waals surface area contributed by atoms with Crippen molar-refractivity contribution in [2.75, 3.05) is 13.6 Å². The first-order valence-corrected chi connectivity index (χ1v) is 6.72. The molecule has 2 nitrogen and oxygen atoms in total. The minimum Gasteiger partial charge on any atom is -0.345 e. The Morgan fingerprint density at radius 2 is 1.93 bits per heavy atom. The fourth-order valence-electron chi connectivity index (χ4n) is 1.91. The van der Waals surface area contributed by atoms with Gasteiger partial charge in [-0.1, -0.05) is 36.7 Å². The molecular weight excluding hydrogens is 254 g/mol. The van der Waals surface area contributed by atoms with Crippen LogP contribution >= 0.6 is 15.9 Å². The van der Waals surface area contributed by atoms with E-state index >= 15 is 0 Å². The van der Waals surface area contributed by atoms with E-state index < -0.39 is 0 Å². The summed E-state index contributed by atoms with van der Waals surface area (Å²) < 4.78 is 0. The van der Waals surface area contributed by atoms with E-state index in [1.807, 2.05) is 18.9 Å². The van der Waals surface area contributed by atoms with Gasteiger partial charge in [0.2, 0.25) is 5.91 Å². The predicted octanol–water partition coefficient (Wildman–Crippen LogP) is 2.91. The standard InChI is InChI=1S/C12H22BrNO/c1-8(2)9(3)12(15)14(4)7-10-5-11(13)6-10/h8-11H,5-7H2,1-4H3. The molecule has 0 radical (unpaired) electrons. The van der Waals surface area contributed by atoms with Crippen LogP contribution in [-0.4, -0.2) is 29.2 Å². The maximum absolute atomic E-state index is 12.0. The average Bonchev–Trinajstić information content (AvgIpc) is 2.12. The summed E-state index contributed by atoms with van der Waals surface area (Å²) >= 11 is 3.58. The van der Waals surface area contributed by atoms with Gasteiger partial charge in [-0.25, -0.2) is 0 Å². The normalized spacial score (nSPS) is 27.3. The van der Waals surface area contributed by atoms with Crippen molar-refractivity contribution in [1.29, 1.82) is 0 Å². The molecule has 1 aliphatic rings. The lowest BCUT2D eigenvalue weighted by atomic mass is 9.84. The fourth-order valence-corrected chi connectivity index (χ4v) is 2.97. The Hall–Kier alpha value is -0.0500. The zero-order valence-corrected chi connectivity index (χ0v) is 11.8. The third-order valence-corrected chi connectivity index (χ3v) is 4.22. The highest BCUT2D eigenvalue weighted by atomic mass is 79.9. The second kappa shape index (κ2) is 5.33. The van der Waals surface area contributed by atoms with Crippen molar-refractivity contribution in [3.63, 3.8) is 0 Å². The van der Waals surface area contributed by atoms with Gasteiger partial charge >= 0.3 is 0 Å². The van der Waals surface area contributed by atoms with Crippen LogP contribution in [0.2, 0.25) is 0 Å². The predicted molar refractivity (Wildman–Crippen MR) is 67.1 cm³/mol. The molecule has 0 spiro atoms. The second-order valence-corrected chi connectivity index (χ2v) is 6.48. The maximum Gasteiger partial charge on any atom is 0.225 e. The molecule has 1 amide bonds. The molecule has 1 saturated carbocycles. The van der Waals surface area contributed by atoms with Crippen molar-refractivity contribution in [2.45, 2.75) is 38.4 Å². The summed E-state index contributed by atoms with van der Waals surface area (Å²) in [5.74, 6) is 1.59. The van der Waals surface area contributed by atoms with Crippen LogP contribution in [0.3, 0.4) is 0 Å². The Morgan fingerprint density at radius 3 is 2.33 bits per heavy atom. The van der Waals surface area contributed by atoms with E-state index in [-0.39, 0.29) is 5.92 Å². The van der Waals surface area contributed by atoms with E-state index in [4.69, 9.17) is 0 Å². The number of amides is 1. The molecule has 1 unspecified atom stereocenters. The van der Waals surface area contributed by atoms with Gasteiger partial charge in [0.15, 0.2) is 0 Å². The van der Waals surface area contributed by atoms with Crippen LogP contribution in [-0.2, 0) is 4.79 Å². The SMILES string of the molecule is CC(C)C(C)C(=O)N(C)CC1CC(Br)C1. The average molecular weight is 276 g/mol. The molecule has 1 fully saturated rings. The fraction of sp³-hybridized carbons (Fsp3) is 0.917. The van der Waals surface area contributed by atoms with Crippen LogP contribution < -0.4 is 0 Å². The number of carbonyl (C=O) groups excluding carboxylic acids is 1. The molecule has 88 valence electrons. The summed E-state index contributed by atoms with van der Waals surface area (Å²) in [4.78, 5) is 14.6. The van der Waals surface area contributed by atoms with Crippen molar-refractivity contribution in [3.05, 3.63) is 0 Å². The Labute approximate surface area is 102 Å². The molecule has 15 heavy (non-hydrogen) atoms. The quantitative estimate of drug-likeness (QED) is 0.723. The molecule has 3 heteroatoms. The first-order chi connectivity index (χ1) is 6.91. The van der Waals surface area contributed by atoms with Crippen LogP contribution in [0.4, 0.5) is 0 Å². The smallest absolute Gasteiger partial charge is 0.225 e. The number of nitrogens with zero attached hydrogens (tertiary/aromatic N) is 1. The van der Waals surface area contributed by atoms with Crippen LogP contribution in [0, 0.1) is 17.8 Å². The zero-order valence-electron chi connectivity index (χ0n) is 10.2. The van der Waals surface area contributed by atoms with E-state index in [1.165, 1.54) is 12.8 Å². The largest absolute Gasteiger partial charge is 0.345 e. The molecule has 1 aliphatic carbocycles. The monoisotopic (exact) mass is 275 g/mol. The summed E-state index contributed by atoms with van der Waals surface area (Å²) in [7, 11) is 1.93. The molecule has 0 saturated heterocycles. The summed E-state index contributed by atoms with van der Waals surface area (Å²) in [6.07, 6.45) is 2.43. The lowest BCUT2D eigenvalue weighted by molar-refractivity contribution is -0.135. The molecule has 0 aliphatic heterocycles. The first-order valence-electron chi connectivity index (χ1n) is 5.80. The van der Waals surface area contributed by atoms with E-state index in [9.17, 15) is 4.79 Å². The third-order valence-electron chi connectivity index (χ3n) is 3.48. The van der Waals surface area contributed by atoms with Gasteiger partial charge in [-0.2, -0.15) is 0 Å². The topological polar surface area (TPSA) is 20.3 Å². The summed E-state index contributed by atoms with van der Waals surface area (Å²) in [6, 6.07) is 0. The van der Waals surface area contributed by atoms with Crippen LogP contribution in [0.5, 0.6) is 0 Å². The number of hydrogen-bond donors (Lipinski definition) is 0. The Kier molecular flexibility index (Phi) is 4.63. The van der Waals surface area contributed by atoms with Crippen molar-refractivity contribution in [1.82, 2.24) is 4.90 Å². The molecule has 1 atom stereocenters. The third kappa shape index (κ3) is 3.47. The maximum atomic E-state index is 12.0. The van der Waals surface area contributed by atoms with Gasteiger partial charge in [0.25, 0.3) is 0 Å². The lowest BCUT2D eigenvalue weighted by Crippen LogP contribution is -2.40. The van der Waals surface area contributed by atoms with Gasteiger partial charge in [-0.05, 0) is 24.7 Å². The molecule has 0 bridgehead atoms. The van der Waals surface area contributed by atoms with E-state index in [2.05, 4.69) is 29.8 Å². The van der Waals surface area contributed by atoms with Crippen molar-refractivity contribution in [3.8, 4) is 0 Å². The minimum atomic E-state index is 0.148. The summed E-state index contributed by atoms with van der Waals surface area (Å²) in [5.41, 5.74) is 0. The number of alkyl halides is 1. The first kappa shape index (κ1) is 13.0. The van der Waals surface area contributed by atoms with Crippen molar-refractivity contribution >= 4 is 21.8 Å². The molecule has 0 heterocycles. The summed E-state index contributed by atoms with van der Waals surface area (Å²) in [5, 5.41) is 0. The highest BCUT2D eigenvalue weighted by molar-refractivity contribution is 9.09. The van der Waals surface area contributed by atoms with E-state index in [0.29, 0.717) is 22.6 Å². The molecule has 0 N–H and O–H groups in total. The number of hydrogen-bond acceptors (Lipinski definition) is 1. The van der Waals surface area contributed by atoms with Crippen LogP contribution in [0.15, 0.2) is 0 Å². The van der Waals surface area contributed by atoms with Gasteiger partial charge in [0, 0.05) is 24.3 Å².